The first-order valence-electron chi connectivity index (χ1n) is 13.2. The first-order chi connectivity index (χ1) is 20.6. The van der Waals surface area contributed by atoms with Crippen LogP contribution in [0.5, 0.6) is 0 Å². The Morgan fingerprint density at radius 2 is 1.84 bits per heavy atom. The van der Waals surface area contributed by atoms with E-state index < -0.39 is 64.4 Å². The van der Waals surface area contributed by atoms with Crippen LogP contribution in [0.4, 0.5) is 40.9 Å². The molecule has 0 aliphatic carbocycles. The number of hydrogen-bond donors (Lipinski definition) is 0. The fraction of sp³-hybridized carbons (Fsp3) is 0.357. The summed E-state index contributed by atoms with van der Waals surface area (Å²) in [5, 5.41) is -0.137. The lowest BCUT2D eigenvalue weighted by molar-refractivity contribution is -0.137. The second-order valence-corrected chi connectivity index (χ2v) is 11.3. The van der Waals surface area contributed by atoms with Gasteiger partial charge in [0.1, 0.15) is 29.8 Å². The van der Waals surface area contributed by atoms with E-state index in [0.29, 0.717) is 18.4 Å². The van der Waals surface area contributed by atoms with Crippen LogP contribution in [0.3, 0.4) is 0 Å². The quantitative estimate of drug-likeness (QED) is 0.205. The molecule has 2 aliphatic heterocycles. The van der Waals surface area contributed by atoms with Gasteiger partial charge in [-0.1, -0.05) is 6.92 Å². The van der Waals surface area contributed by atoms with Gasteiger partial charge in [0.25, 0.3) is 0 Å². The number of aryl methyl sites for hydroxylation is 1. The molecule has 2 aliphatic rings. The molecule has 0 N–H and O–H groups in total. The summed E-state index contributed by atoms with van der Waals surface area (Å²) in [7, 11) is 0. The van der Waals surface area contributed by atoms with Crippen LogP contribution in [0.15, 0.2) is 46.1 Å². The van der Waals surface area contributed by atoms with E-state index >= 15 is 0 Å². The summed E-state index contributed by atoms with van der Waals surface area (Å²) in [5.74, 6) is -3.40. The molecule has 1 amide bonds. The second kappa shape index (κ2) is 11.5. The number of thioether (sulfide) groups is 1. The number of nitrogens with zero attached hydrogens (tertiary/aromatic N) is 4. The van der Waals surface area contributed by atoms with Crippen LogP contribution in [-0.4, -0.2) is 63.7 Å². The Labute approximate surface area is 248 Å². The van der Waals surface area contributed by atoms with Crippen molar-refractivity contribution in [2.75, 3.05) is 23.7 Å². The summed E-state index contributed by atoms with van der Waals surface area (Å²) in [6.07, 6.45) is -9.31. The normalized spacial score (nSPS) is 19.2. The standard InChI is InChI=1S/C28H22F8N4O3S/c1-2-15-11-38(12-16(13-41)40(15)21(42)5-6-27(31,32)33)25-18-10-19(28(34,35)36)22(17-4-3-14(29)9-20(17)30)24-23(18)39(7-8-44-24)26(43)37-25/h3-6,9-10,13,15-16H,2,7-8,11-12H2,1H3/b6-5+. The highest BCUT2D eigenvalue weighted by molar-refractivity contribution is 7.99. The number of aldehydes is 1. The molecule has 1 fully saturated rings. The molecule has 2 unspecified atom stereocenters. The van der Waals surface area contributed by atoms with Crippen LogP contribution in [-0.2, 0) is 22.3 Å². The van der Waals surface area contributed by atoms with Gasteiger partial charge in [0.15, 0.2) is 0 Å². The van der Waals surface area contributed by atoms with Crippen molar-refractivity contribution in [2.24, 2.45) is 0 Å². The topological polar surface area (TPSA) is 75.5 Å². The van der Waals surface area contributed by atoms with E-state index in [-0.39, 0.29) is 59.5 Å². The highest BCUT2D eigenvalue weighted by Gasteiger charge is 2.41. The molecule has 7 nitrogen and oxygen atoms in total. The van der Waals surface area contributed by atoms with Gasteiger partial charge >= 0.3 is 18.0 Å². The van der Waals surface area contributed by atoms with Crippen LogP contribution < -0.4 is 10.6 Å². The second-order valence-electron chi connectivity index (χ2n) is 10.2. The van der Waals surface area contributed by atoms with Gasteiger partial charge in [-0.15, -0.1) is 11.8 Å². The molecule has 2 aromatic carbocycles. The lowest BCUT2D eigenvalue weighted by Crippen LogP contribution is -2.61. The third-order valence-electron chi connectivity index (χ3n) is 7.45. The Kier molecular flexibility index (Phi) is 8.24. The first kappa shape index (κ1) is 31.5. The van der Waals surface area contributed by atoms with Crippen LogP contribution in [0.25, 0.3) is 22.0 Å². The Morgan fingerprint density at radius 1 is 1.11 bits per heavy atom. The van der Waals surface area contributed by atoms with E-state index in [1.54, 1.807) is 6.92 Å². The Bertz CT molecular complexity index is 1740. The molecule has 234 valence electrons. The van der Waals surface area contributed by atoms with Crippen molar-refractivity contribution in [3.63, 3.8) is 0 Å². The molecule has 0 spiro atoms. The number of allylic oxidation sites excluding steroid dienone is 1. The lowest BCUT2D eigenvalue weighted by Gasteiger charge is -2.45. The van der Waals surface area contributed by atoms with Crippen molar-refractivity contribution in [1.29, 1.82) is 0 Å². The van der Waals surface area contributed by atoms with Gasteiger partial charge in [0.2, 0.25) is 5.91 Å². The summed E-state index contributed by atoms with van der Waals surface area (Å²) < 4.78 is 112. The van der Waals surface area contributed by atoms with E-state index in [1.807, 2.05) is 0 Å². The lowest BCUT2D eigenvalue weighted by atomic mass is 9.95. The number of halogens is 8. The van der Waals surface area contributed by atoms with E-state index in [2.05, 4.69) is 4.98 Å². The first-order valence-corrected chi connectivity index (χ1v) is 14.2. The van der Waals surface area contributed by atoms with Crippen LogP contribution in [0.2, 0.25) is 0 Å². The van der Waals surface area contributed by atoms with Crippen molar-refractivity contribution < 1.29 is 44.7 Å². The number of amides is 1. The number of anilines is 1. The SMILES string of the molecule is CCC1CN(c2nc(=O)n3c4c(c(-c5ccc(F)cc5F)c(C(F)(F)F)cc24)SCC3)CC(C=O)N1C(=O)/C=C/C(F)(F)F. The summed E-state index contributed by atoms with van der Waals surface area (Å²) in [6, 6.07) is 0.696. The maximum atomic E-state index is 14.9. The molecule has 16 heteroatoms. The number of benzene rings is 2. The molecule has 3 aromatic rings. The molecule has 5 rings (SSSR count). The Hall–Kier alpha value is -3.95. The number of piperazine rings is 1. The number of alkyl halides is 6. The fourth-order valence-corrected chi connectivity index (χ4v) is 6.81. The number of hydrogen-bond acceptors (Lipinski definition) is 6. The van der Waals surface area contributed by atoms with Gasteiger partial charge in [-0.2, -0.15) is 31.3 Å². The smallest absolute Gasteiger partial charge is 0.351 e. The minimum atomic E-state index is -5.04. The predicted molar refractivity (Wildman–Crippen MR) is 145 cm³/mol. The van der Waals surface area contributed by atoms with Gasteiger partial charge in [-0.05, 0) is 24.6 Å². The number of carbonyl (C=O) groups excluding carboxylic acids is 2. The van der Waals surface area contributed by atoms with Crippen molar-refractivity contribution in [3.8, 4) is 11.1 Å². The maximum Gasteiger partial charge on any atom is 0.417 e. The minimum absolute atomic E-state index is 0.0327. The molecule has 1 saturated heterocycles. The summed E-state index contributed by atoms with van der Waals surface area (Å²) in [6.45, 7) is 1.12. The van der Waals surface area contributed by atoms with Crippen molar-refractivity contribution in [1.82, 2.24) is 14.5 Å². The third kappa shape index (κ3) is 5.78. The summed E-state index contributed by atoms with van der Waals surface area (Å²) in [4.78, 5) is 44.3. The zero-order valence-electron chi connectivity index (χ0n) is 22.7. The molecular weight excluding hydrogens is 624 g/mol. The number of carbonyl (C=O) groups is 2. The molecule has 2 atom stereocenters. The van der Waals surface area contributed by atoms with Crippen molar-refractivity contribution in [3.05, 3.63) is 64.1 Å². The monoisotopic (exact) mass is 646 g/mol. The molecule has 0 saturated carbocycles. The van der Waals surface area contributed by atoms with Crippen molar-refractivity contribution in [2.45, 2.75) is 49.2 Å². The Balaban J connectivity index is 1.71. The molecular formula is C28H22F8N4O3S. The van der Waals surface area contributed by atoms with E-state index in [1.165, 1.54) is 4.90 Å². The summed E-state index contributed by atoms with van der Waals surface area (Å²) in [5.41, 5.74) is -3.15. The molecule has 3 heterocycles. The van der Waals surface area contributed by atoms with Gasteiger partial charge in [0, 0.05) is 65.0 Å². The molecule has 0 bridgehead atoms. The van der Waals surface area contributed by atoms with Gasteiger partial charge < -0.3 is 14.6 Å². The van der Waals surface area contributed by atoms with Crippen LogP contribution in [0, 0.1) is 11.6 Å². The predicted octanol–water partition coefficient (Wildman–Crippen LogP) is 5.58. The summed E-state index contributed by atoms with van der Waals surface area (Å²) >= 11 is 0.957. The largest absolute Gasteiger partial charge is 0.417 e. The molecule has 44 heavy (non-hydrogen) atoms. The fourth-order valence-electron chi connectivity index (χ4n) is 5.61. The number of rotatable bonds is 5. The third-order valence-corrected chi connectivity index (χ3v) is 8.53. The van der Waals surface area contributed by atoms with Crippen LogP contribution >= 0.6 is 11.8 Å². The average molecular weight is 647 g/mol. The Morgan fingerprint density at radius 3 is 2.45 bits per heavy atom. The van der Waals surface area contributed by atoms with Gasteiger partial charge in [-0.3, -0.25) is 9.36 Å². The minimum Gasteiger partial charge on any atom is -0.351 e. The van der Waals surface area contributed by atoms with Gasteiger partial charge in [-0.25, -0.2) is 13.6 Å². The number of aromatic nitrogens is 2. The highest BCUT2D eigenvalue weighted by Crippen LogP contribution is 2.49. The molecule has 1 aromatic heterocycles. The maximum absolute atomic E-state index is 14.9. The van der Waals surface area contributed by atoms with E-state index in [9.17, 15) is 49.5 Å². The molecule has 0 radical (unpaired) electrons. The van der Waals surface area contributed by atoms with Crippen LogP contribution in [0.1, 0.15) is 18.9 Å². The van der Waals surface area contributed by atoms with Gasteiger partial charge in [0.05, 0.1) is 17.1 Å². The van der Waals surface area contributed by atoms with Crippen molar-refractivity contribution >= 4 is 40.7 Å². The average Bonchev–Trinajstić information content (AvgIpc) is 2.96. The van der Waals surface area contributed by atoms with E-state index in [4.69, 9.17) is 0 Å². The zero-order valence-corrected chi connectivity index (χ0v) is 23.5. The zero-order chi connectivity index (χ0) is 32.1. The highest BCUT2D eigenvalue weighted by atomic mass is 32.2. The van der Waals surface area contributed by atoms with E-state index in [0.717, 1.165) is 39.4 Å².